The van der Waals surface area contributed by atoms with Crippen molar-refractivity contribution in [1.82, 2.24) is 15.2 Å². The van der Waals surface area contributed by atoms with Crippen LogP contribution in [0, 0.1) is 0 Å². The largest absolute Gasteiger partial charge is 0.391 e. The zero-order valence-electron chi connectivity index (χ0n) is 10.2. The number of benzene rings is 1. The van der Waals surface area contributed by atoms with E-state index in [0.29, 0.717) is 5.95 Å². The lowest BCUT2D eigenvalue weighted by molar-refractivity contribution is 0.132. The molecule has 0 radical (unpaired) electrons. The molecule has 0 bridgehead atoms. The van der Waals surface area contributed by atoms with E-state index in [2.05, 4.69) is 20.5 Å². The Kier molecular flexibility index (Phi) is 2.93. The fraction of sp³-hybridized carbons (Fsp3) is 0.417. The summed E-state index contributed by atoms with van der Waals surface area (Å²) in [4.78, 5) is 4.35. The highest BCUT2D eigenvalue weighted by atomic mass is 16.3. The molecular weight excluding hydrogens is 216 g/mol. The lowest BCUT2D eigenvalue weighted by Crippen LogP contribution is -2.42. The van der Waals surface area contributed by atoms with E-state index in [1.807, 2.05) is 38.1 Å². The molecule has 2 aromatic rings. The molecule has 2 N–H and O–H groups in total. The Hall–Kier alpha value is -1.75. The maximum absolute atomic E-state index is 9.62. The first-order valence-electron chi connectivity index (χ1n) is 5.55. The molecule has 1 aromatic heterocycles. The Labute approximate surface area is 99.9 Å². The SMILES string of the molecule is CC(O)C(C)(C)Nc1nnc2ccccc2n1. The van der Waals surface area contributed by atoms with Crippen molar-refractivity contribution in [3.63, 3.8) is 0 Å². The van der Waals surface area contributed by atoms with Gasteiger partial charge in [-0.15, -0.1) is 10.2 Å². The number of aliphatic hydroxyl groups is 1. The highest BCUT2D eigenvalue weighted by molar-refractivity contribution is 5.74. The van der Waals surface area contributed by atoms with Crippen molar-refractivity contribution in [3.8, 4) is 0 Å². The van der Waals surface area contributed by atoms with Crippen LogP contribution in [0.5, 0.6) is 0 Å². The topological polar surface area (TPSA) is 70.9 Å². The second kappa shape index (κ2) is 4.25. The summed E-state index contributed by atoms with van der Waals surface area (Å²) in [7, 11) is 0. The van der Waals surface area contributed by atoms with Crippen molar-refractivity contribution in [2.45, 2.75) is 32.4 Å². The van der Waals surface area contributed by atoms with Crippen LogP contribution in [0.2, 0.25) is 0 Å². The molecule has 1 aromatic carbocycles. The standard InChI is InChI=1S/C12H16N4O/c1-8(17)12(2,3)14-11-13-9-6-4-5-7-10(9)15-16-11/h4-8,17H,1-3H3,(H,13,14,16). The Morgan fingerprint density at radius 2 is 1.82 bits per heavy atom. The Bertz CT molecular complexity index is 525. The number of aliphatic hydroxyl groups excluding tert-OH is 1. The lowest BCUT2D eigenvalue weighted by atomic mass is 9.99. The quantitative estimate of drug-likeness (QED) is 0.841. The molecule has 90 valence electrons. The number of aromatic nitrogens is 3. The van der Waals surface area contributed by atoms with Crippen LogP contribution in [0.1, 0.15) is 20.8 Å². The molecule has 5 heteroatoms. The first-order chi connectivity index (χ1) is 7.99. The molecule has 0 amide bonds. The van der Waals surface area contributed by atoms with E-state index >= 15 is 0 Å². The molecule has 5 nitrogen and oxygen atoms in total. The van der Waals surface area contributed by atoms with Gasteiger partial charge in [0.25, 0.3) is 0 Å². The van der Waals surface area contributed by atoms with Crippen molar-refractivity contribution in [2.75, 3.05) is 5.32 Å². The monoisotopic (exact) mass is 232 g/mol. The lowest BCUT2D eigenvalue weighted by Gasteiger charge is -2.28. The second-order valence-electron chi connectivity index (χ2n) is 4.65. The van der Waals surface area contributed by atoms with Crippen LogP contribution in [0.25, 0.3) is 11.0 Å². The number of para-hydroxylation sites is 1. The first kappa shape index (κ1) is 11.7. The maximum atomic E-state index is 9.62. The smallest absolute Gasteiger partial charge is 0.243 e. The van der Waals surface area contributed by atoms with E-state index in [1.54, 1.807) is 6.92 Å². The third-order valence-electron chi connectivity index (χ3n) is 2.84. The van der Waals surface area contributed by atoms with Gasteiger partial charge >= 0.3 is 0 Å². The number of rotatable bonds is 3. The van der Waals surface area contributed by atoms with E-state index in [9.17, 15) is 5.11 Å². The Balaban J connectivity index is 2.31. The van der Waals surface area contributed by atoms with Gasteiger partial charge in [0.05, 0.1) is 17.2 Å². The third-order valence-corrected chi connectivity index (χ3v) is 2.84. The summed E-state index contributed by atoms with van der Waals surface area (Å²) >= 11 is 0. The molecule has 0 aliphatic rings. The number of fused-ring (bicyclic) bond motifs is 1. The van der Waals surface area contributed by atoms with Crippen molar-refractivity contribution in [3.05, 3.63) is 24.3 Å². The normalized spacial score (nSPS) is 13.6. The average Bonchev–Trinajstić information content (AvgIpc) is 2.28. The predicted molar refractivity (Wildman–Crippen MR) is 66.7 cm³/mol. The summed E-state index contributed by atoms with van der Waals surface area (Å²) in [5.74, 6) is 0.426. The summed E-state index contributed by atoms with van der Waals surface area (Å²) in [5, 5.41) is 20.8. The van der Waals surface area contributed by atoms with Crippen LogP contribution in [0.3, 0.4) is 0 Å². The molecule has 0 aliphatic heterocycles. The molecule has 1 heterocycles. The van der Waals surface area contributed by atoms with E-state index in [-0.39, 0.29) is 0 Å². The molecule has 1 unspecified atom stereocenters. The molecular formula is C12H16N4O. The van der Waals surface area contributed by atoms with Crippen LogP contribution in [-0.2, 0) is 0 Å². The van der Waals surface area contributed by atoms with E-state index in [4.69, 9.17) is 0 Å². The van der Waals surface area contributed by atoms with E-state index < -0.39 is 11.6 Å². The van der Waals surface area contributed by atoms with Gasteiger partial charge in [-0.05, 0) is 32.9 Å². The van der Waals surface area contributed by atoms with Crippen LogP contribution in [0.4, 0.5) is 5.95 Å². The third kappa shape index (κ3) is 2.50. The Morgan fingerprint density at radius 3 is 2.47 bits per heavy atom. The summed E-state index contributed by atoms with van der Waals surface area (Å²) < 4.78 is 0. The van der Waals surface area contributed by atoms with Crippen LogP contribution in [-0.4, -0.2) is 31.9 Å². The molecule has 17 heavy (non-hydrogen) atoms. The predicted octanol–water partition coefficient (Wildman–Crippen LogP) is 1.60. The highest BCUT2D eigenvalue weighted by Gasteiger charge is 2.24. The van der Waals surface area contributed by atoms with Gasteiger partial charge in [-0.3, -0.25) is 0 Å². The van der Waals surface area contributed by atoms with Gasteiger partial charge in [0.1, 0.15) is 5.52 Å². The van der Waals surface area contributed by atoms with Gasteiger partial charge in [0, 0.05) is 0 Å². The number of nitrogens with one attached hydrogen (secondary N) is 1. The number of anilines is 1. The second-order valence-corrected chi connectivity index (χ2v) is 4.65. The van der Waals surface area contributed by atoms with Crippen molar-refractivity contribution < 1.29 is 5.11 Å². The van der Waals surface area contributed by atoms with Crippen molar-refractivity contribution >= 4 is 17.0 Å². The summed E-state index contributed by atoms with van der Waals surface area (Å²) in [6.45, 7) is 5.49. The molecule has 0 saturated heterocycles. The number of nitrogens with zero attached hydrogens (tertiary/aromatic N) is 3. The number of hydrogen-bond donors (Lipinski definition) is 2. The van der Waals surface area contributed by atoms with Crippen LogP contribution in [0.15, 0.2) is 24.3 Å². The molecule has 0 spiro atoms. The van der Waals surface area contributed by atoms with Gasteiger partial charge in [-0.2, -0.15) is 0 Å². The van der Waals surface area contributed by atoms with Gasteiger partial charge in [-0.25, -0.2) is 4.98 Å². The molecule has 0 saturated carbocycles. The molecule has 2 rings (SSSR count). The molecule has 0 aliphatic carbocycles. The highest BCUT2D eigenvalue weighted by Crippen LogP contribution is 2.16. The fourth-order valence-electron chi connectivity index (χ4n) is 1.33. The van der Waals surface area contributed by atoms with Gasteiger partial charge in [0.2, 0.25) is 5.95 Å². The zero-order chi connectivity index (χ0) is 12.5. The average molecular weight is 232 g/mol. The first-order valence-corrected chi connectivity index (χ1v) is 5.55. The Morgan fingerprint density at radius 1 is 1.18 bits per heavy atom. The summed E-state index contributed by atoms with van der Waals surface area (Å²) in [6, 6.07) is 7.54. The zero-order valence-corrected chi connectivity index (χ0v) is 10.2. The molecule has 0 fully saturated rings. The summed E-state index contributed by atoms with van der Waals surface area (Å²) in [5.41, 5.74) is 1.05. The summed E-state index contributed by atoms with van der Waals surface area (Å²) in [6.07, 6.45) is -0.516. The van der Waals surface area contributed by atoms with E-state index in [0.717, 1.165) is 11.0 Å². The van der Waals surface area contributed by atoms with E-state index in [1.165, 1.54) is 0 Å². The molecule has 1 atom stereocenters. The fourth-order valence-corrected chi connectivity index (χ4v) is 1.33. The van der Waals surface area contributed by atoms with Crippen LogP contribution >= 0.6 is 0 Å². The maximum Gasteiger partial charge on any atom is 0.243 e. The van der Waals surface area contributed by atoms with Crippen molar-refractivity contribution in [1.29, 1.82) is 0 Å². The van der Waals surface area contributed by atoms with Gasteiger partial charge in [0.15, 0.2) is 0 Å². The minimum Gasteiger partial charge on any atom is -0.391 e. The van der Waals surface area contributed by atoms with Crippen molar-refractivity contribution in [2.24, 2.45) is 0 Å². The minimum atomic E-state index is -0.516. The van der Waals surface area contributed by atoms with Crippen LogP contribution < -0.4 is 5.32 Å². The van der Waals surface area contributed by atoms with Gasteiger partial charge in [-0.1, -0.05) is 12.1 Å². The minimum absolute atomic E-state index is 0.426. The number of hydrogen-bond acceptors (Lipinski definition) is 5. The van der Waals surface area contributed by atoms with Gasteiger partial charge < -0.3 is 10.4 Å².